The molecule has 0 radical (unpaired) electrons. The van der Waals surface area contributed by atoms with E-state index in [1.165, 1.54) is 24.8 Å². The molecule has 0 N–H and O–H groups in total. The van der Waals surface area contributed by atoms with Crippen molar-refractivity contribution >= 4 is 18.5 Å². The summed E-state index contributed by atoms with van der Waals surface area (Å²) in [7, 11) is 0. The van der Waals surface area contributed by atoms with E-state index in [9.17, 15) is 4.79 Å². The summed E-state index contributed by atoms with van der Waals surface area (Å²) in [6.07, 6.45) is 3.60. The van der Waals surface area contributed by atoms with Crippen molar-refractivity contribution in [2.24, 2.45) is 5.92 Å². The summed E-state index contributed by atoms with van der Waals surface area (Å²) in [5.41, 5.74) is 3.17. The molecular weight excluding hydrogens is 328 g/mol. The number of piperazine rings is 1. The molecule has 1 aliphatic heterocycles. The number of carbonyl (C=O) groups excluding carboxylic acids is 1. The van der Waals surface area contributed by atoms with Crippen LogP contribution in [0.1, 0.15) is 54.6 Å². The van der Waals surface area contributed by atoms with Crippen molar-refractivity contribution in [1.29, 1.82) is 0 Å². The standard InChI is InChI=1S/C21H34N2OS/c1-5-6-9-19-14-23(12-11-22(19)13-16(2)15-25)21(24)20-10-7-8-17(3)18(20)4/h7-8,10,16,19,25H,5-6,9,11-15H2,1-4H3. The maximum atomic E-state index is 13.1. The second kappa shape index (κ2) is 9.63. The van der Waals surface area contributed by atoms with Crippen LogP contribution < -0.4 is 0 Å². The van der Waals surface area contributed by atoms with Gasteiger partial charge in [0, 0.05) is 37.8 Å². The number of amides is 1. The Kier molecular flexibility index (Phi) is 7.82. The first-order valence-electron chi connectivity index (χ1n) is 9.68. The number of nitrogens with zero attached hydrogens (tertiary/aromatic N) is 2. The van der Waals surface area contributed by atoms with Crippen molar-refractivity contribution in [2.45, 2.75) is 53.0 Å². The molecule has 1 heterocycles. The Morgan fingerprint density at radius 1 is 1.32 bits per heavy atom. The van der Waals surface area contributed by atoms with E-state index in [2.05, 4.69) is 56.2 Å². The van der Waals surface area contributed by atoms with Gasteiger partial charge in [-0.15, -0.1) is 0 Å². The fraction of sp³-hybridized carbons (Fsp3) is 0.667. The number of hydrogen-bond acceptors (Lipinski definition) is 3. The fourth-order valence-electron chi connectivity index (χ4n) is 3.64. The first-order valence-corrected chi connectivity index (χ1v) is 10.3. The molecule has 0 aromatic heterocycles. The summed E-state index contributed by atoms with van der Waals surface area (Å²) < 4.78 is 0. The molecule has 0 bridgehead atoms. The highest BCUT2D eigenvalue weighted by molar-refractivity contribution is 7.80. The van der Waals surface area contributed by atoms with Gasteiger partial charge < -0.3 is 4.90 Å². The van der Waals surface area contributed by atoms with E-state index in [-0.39, 0.29) is 5.91 Å². The van der Waals surface area contributed by atoms with E-state index < -0.39 is 0 Å². The lowest BCUT2D eigenvalue weighted by molar-refractivity contribution is 0.0426. The monoisotopic (exact) mass is 362 g/mol. The molecule has 1 fully saturated rings. The number of benzene rings is 1. The minimum Gasteiger partial charge on any atom is -0.336 e. The average molecular weight is 363 g/mol. The van der Waals surface area contributed by atoms with Gasteiger partial charge in [-0.1, -0.05) is 38.8 Å². The summed E-state index contributed by atoms with van der Waals surface area (Å²) in [5.74, 6) is 1.71. The zero-order chi connectivity index (χ0) is 18.4. The lowest BCUT2D eigenvalue weighted by Gasteiger charge is -2.42. The van der Waals surface area contributed by atoms with E-state index >= 15 is 0 Å². The number of thiol groups is 1. The molecule has 4 heteroatoms. The molecule has 0 spiro atoms. The van der Waals surface area contributed by atoms with E-state index in [1.807, 2.05) is 12.1 Å². The van der Waals surface area contributed by atoms with Gasteiger partial charge in [0.05, 0.1) is 0 Å². The van der Waals surface area contributed by atoms with Crippen molar-refractivity contribution in [3.63, 3.8) is 0 Å². The Bertz CT molecular complexity index is 575. The SMILES string of the molecule is CCCCC1CN(C(=O)c2cccc(C)c2C)CCN1CC(C)CS. The number of carbonyl (C=O) groups is 1. The van der Waals surface area contributed by atoms with Gasteiger partial charge in [0.1, 0.15) is 0 Å². The average Bonchev–Trinajstić information content (AvgIpc) is 2.62. The Hall–Kier alpha value is -1.00. The fourth-order valence-corrected chi connectivity index (χ4v) is 3.76. The van der Waals surface area contributed by atoms with Crippen LogP contribution in [-0.4, -0.2) is 53.7 Å². The van der Waals surface area contributed by atoms with Gasteiger partial charge in [-0.05, 0) is 49.1 Å². The molecule has 1 amide bonds. The molecule has 1 saturated heterocycles. The predicted molar refractivity (Wildman–Crippen MR) is 110 cm³/mol. The molecule has 0 aliphatic carbocycles. The summed E-state index contributed by atoms with van der Waals surface area (Å²) >= 11 is 4.44. The second-order valence-corrected chi connectivity index (χ2v) is 7.94. The van der Waals surface area contributed by atoms with Crippen LogP contribution in [0.15, 0.2) is 18.2 Å². The van der Waals surface area contributed by atoms with E-state index in [4.69, 9.17) is 0 Å². The van der Waals surface area contributed by atoms with E-state index in [0.717, 1.165) is 43.1 Å². The van der Waals surface area contributed by atoms with Crippen LogP contribution >= 0.6 is 12.6 Å². The number of hydrogen-bond donors (Lipinski definition) is 1. The molecule has 1 aromatic carbocycles. The van der Waals surface area contributed by atoms with Crippen LogP contribution in [0.3, 0.4) is 0 Å². The van der Waals surface area contributed by atoms with Crippen LogP contribution in [-0.2, 0) is 0 Å². The quantitative estimate of drug-likeness (QED) is 0.735. The van der Waals surface area contributed by atoms with Crippen molar-refractivity contribution < 1.29 is 4.79 Å². The maximum absolute atomic E-state index is 13.1. The highest BCUT2D eigenvalue weighted by Crippen LogP contribution is 2.21. The number of aryl methyl sites for hydroxylation is 1. The van der Waals surface area contributed by atoms with Gasteiger partial charge in [0.25, 0.3) is 5.91 Å². The number of rotatable bonds is 7. The van der Waals surface area contributed by atoms with Crippen LogP contribution in [0.4, 0.5) is 0 Å². The largest absolute Gasteiger partial charge is 0.336 e. The highest BCUT2D eigenvalue weighted by atomic mass is 32.1. The van der Waals surface area contributed by atoms with Crippen molar-refractivity contribution in [2.75, 3.05) is 31.9 Å². The molecule has 1 aromatic rings. The van der Waals surface area contributed by atoms with E-state index in [0.29, 0.717) is 12.0 Å². The zero-order valence-corrected chi connectivity index (χ0v) is 17.2. The molecular formula is C21H34N2OS. The molecule has 2 atom stereocenters. The molecule has 1 aliphatic rings. The van der Waals surface area contributed by atoms with E-state index in [1.54, 1.807) is 0 Å². The Labute approximate surface area is 159 Å². The van der Waals surface area contributed by atoms with Gasteiger partial charge in [0.2, 0.25) is 0 Å². The van der Waals surface area contributed by atoms with Gasteiger partial charge >= 0.3 is 0 Å². The maximum Gasteiger partial charge on any atom is 0.254 e. The Morgan fingerprint density at radius 2 is 2.08 bits per heavy atom. The lowest BCUT2D eigenvalue weighted by Crippen LogP contribution is -2.55. The van der Waals surface area contributed by atoms with Crippen molar-refractivity contribution in [3.8, 4) is 0 Å². The Balaban J connectivity index is 2.10. The molecule has 0 saturated carbocycles. The van der Waals surface area contributed by atoms with Gasteiger partial charge in [-0.25, -0.2) is 0 Å². The lowest BCUT2D eigenvalue weighted by atomic mass is 9.99. The normalized spacial score (nSPS) is 19.9. The predicted octanol–water partition coefficient (Wildman–Crippen LogP) is 4.19. The molecule has 3 nitrogen and oxygen atoms in total. The molecule has 140 valence electrons. The van der Waals surface area contributed by atoms with Gasteiger partial charge in [-0.2, -0.15) is 12.6 Å². The Morgan fingerprint density at radius 3 is 2.76 bits per heavy atom. The highest BCUT2D eigenvalue weighted by Gasteiger charge is 2.30. The van der Waals surface area contributed by atoms with Gasteiger partial charge in [0.15, 0.2) is 0 Å². The topological polar surface area (TPSA) is 23.6 Å². The van der Waals surface area contributed by atoms with Gasteiger partial charge in [-0.3, -0.25) is 9.69 Å². The second-order valence-electron chi connectivity index (χ2n) is 7.58. The molecule has 2 rings (SSSR count). The minimum absolute atomic E-state index is 0.199. The minimum atomic E-state index is 0.199. The van der Waals surface area contributed by atoms with Crippen LogP contribution in [0, 0.1) is 19.8 Å². The molecule has 2 unspecified atom stereocenters. The third-order valence-electron chi connectivity index (χ3n) is 5.48. The van der Waals surface area contributed by atoms with Crippen LogP contribution in [0.5, 0.6) is 0 Å². The summed E-state index contributed by atoms with van der Waals surface area (Å²) in [6, 6.07) is 6.52. The first kappa shape index (κ1) is 20.3. The summed E-state index contributed by atoms with van der Waals surface area (Å²) in [5, 5.41) is 0. The smallest absolute Gasteiger partial charge is 0.254 e. The van der Waals surface area contributed by atoms with Crippen molar-refractivity contribution in [1.82, 2.24) is 9.80 Å². The molecule has 25 heavy (non-hydrogen) atoms. The first-order chi connectivity index (χ1) is 12.0. The summed E-state index contributed by atoms with van der Waals surface area (Å²) in [6.45, 7) is 12.4. The number of unbranched alkanes of at least 4 members (excludes halogenated alkanes) is 1. The van der Waals surface area contributed by atoms with Crippen molar-refractivity contribution in [3.05, 3.63) is 34.9 Å². The zero-order valence-electron chi connectivity index (χ0n) is 16.3. The third-order valence-corrected chi connectivity index (χ3v) is 6.10. The third kappa shape index (κ3) is 5.24. The summed E-state index contributed by atoms with van der Waals surface area (Å²) in [4.78, 5) is 17.7. The van der Waals surface area contributed by atoms with Crippen LogP contribution in [0.25, 0.3) is 0 Å². The van der Waals surface area contributed by atoms with Crippen LogP contribution in [0.2, 0.25) is 0 Å².